The summed E-state index contributed by atoms with van der Waals surface area (Å²) in [6.45, 7) is 5.82. The third-order valence-electron chi connectivity index (χ3n) is 17.5. The molecule has 8 aliphatic rings. The molecule has 72 heavy (non-hydrogen) atoms. The number of hydrogen-bond acceptors (Lipinski definition) is 13. The van der Waals surface area contributed by atoms with Crippen molar-refractivity contribution in [3.05, 3.63) is 104 Å². The van der Waals surface area contributed by atoms with Gasteiger partial charge in [0.1, 0.15) is 12.4 Å². The number of hydrogen-bond donors (Lipinski definition) is 1. The lowest BCUT2D eigenvalue weighted by molar-refractivity contribution is -0.172. The number of pyridine rings is 2. The van der Waals surface area contributed by atoms with Crippen LogP contribution in [0.5, 0.6) is 5.75 Å². The fraction of sp³-hybridized carbons (Fsp3) is 0.526. The Bertz CT molecular complexity index is 3010. The van der Waals surface area contributed by atoms with Crippen LogP contribution in [0.3, 0.4) is 0 Å². The first-order valence-corrected chi connectivity index (χ1v) is 26.0. The Labute approximate surface area is 419 Å². The molecule has 3 aromatic rings. The molecule has 0 radical (unpaired) electrons. The molecule has 5 heterocycles. The number of nitrogens with zero attached hydrogens (tertiary/aromatic N) is 5. The number of likely N-dealkylation sites (tertiary alicyclic amines) is 1. The second-order valence-corrected chi connectivity index (χ2v) is 22.0. The smallest absolute Gasteiger partial charge is 0.340 e. The van der Waals surface area contributed by atoms with Gasteiger partial charge in [0.05, 0.1) is 42.2 Å². The lowest BCUT2D eigenvalue weighted by atomic mass is 9.55. The van der Waals surface area contributed by atoms with E-state index in [0.717, 1.165) is 84.8 Å². The van der Waals surface area contributed by atoms with E-state index in [2.05, 4.69) is 29.2 Å². The number of likely N-dealkylation sites (N-methyl/N-ethyl adjacent to an activating group) is 1. The lowest BCUT2D eigenvalue weighted by Crippen LogP contribution is -2.51. The Kier molecular flexibility index (Phi) is 12.5. The van der Waals surface area contributed by atoms with Gasteiger partial charge in [-0.2, -0.15) is 0 Å². The van der Waals surface area contributed by atoms with E-state index in [1.807, 2.05) is 49.2 Å². The number of carbonyl (C=O) groups excluding carboxylic acids is 5. The van der Waals surface area contributed by atoms with Gasteiger partial charge < -0.3 is 38.6 Å². The van der Waals surface area contributed by atoms with Gasteiger partial charge >= 0.3 is 11.9 Å². The zero-order chi connectivity index (χ0) is 50.3. The fourth-order valence-corrected chi connectivity index (χ4v) is 14.0. The summed E-state index contributed by atoms with van der Waals surface area (Å²) in [4.78, 5) is 89.1. The van der Waals surface area contributed by atoms with Gasteiger partial charge in [0.15, 0.2) is 23.3 Å². The molecule has 378 valence electrons. The fourth-order valence-electron chi connectivity index (χ4n) is 14.0. The van der Waals surface area contributed by atoms with Gasteiger partial charge in [-0.25, -0.2) is 9.78 Å². The number of cyclic esters (lactones) is 1. The number of benzene rings is 1. The number of aliphatic hydroxyl groups excluding tert-OH is 1. The summed E-state index contributed by atoms with van der Waals surface area (Å²) in [5, 5.41) is 11.5. The molecule has 0 bridgehead atoms. The van der Waals surface area contributed by atoms with Crippen LogP contribution >= 0.6 is 0 Å². The maximum Gasteiger partial charge on any atom is 0.340 e. The van der Waals surface area contributed by atoms with Crippen LogP contribution < -0.4 is 10.3 Å². The Morgan fingerprint density at radius 2 is 1.79 bits per heavy atom. The molecular formula is C57H65N5O10. The van der Waals surface area contributed by atoms with E-state index in [9.17, 15) is 33.9 Å². The van der Waals surface area contributed by atoms with Crippen LogP contribution in [0, 0.1) is 35.5 Å². The molecule has 11 rings (SSSR count). The second-order valence-electron chi connectivity index (χ2n) is 22.0. The number of piperidine rings is 1. The highest BCUT2D eigenvalue weighted by molar-refractivity contribution is 5.93. The standard InChI is InChI=1S/C57H65N5O10/c1-31(63)57(72-32(2)64)19-16-40-41-12-8-35-22-38(65)11-13-39(35)52(41)42(24-47(40)57)34-6-9-37(10-7-34)60(5)28-51(66)61-20-17-33(18-21-61)29-70-50-15-14-48-43(45(50)27-59(3)4)23-36-26-62-49(53(36)58-48)25-44-46(55(62)68)30-71-56(69)54(44)67/h6,9-10,14-15,22-23,25,33-34,40-42,47,54,67H,7-8,11-13,16-21,24,26-30H2,1-5H3/t34?,40-,41-,42+,47?,54-,57-/m0/s1. The van der Waals surface area contributed by atoms with Crippen molar-refractivity contribution < 1.29 is 43.3 Å². The molecule has 1 amide bonds. The minimum atomic E-state index is -1.51. The van der Waals surface area contributed by atoms with E-state index < -0.39 is 23.6 Å². The first-order valence-electron chi connectivity index (χ1n) is 26.0. The van der Waals surface area contributed by atoms with Crippen LogP contribution in [0.25, 0.3) is 22.3 Å². The molecule has 0 spiro atoms. The monoisotopic (exact) mass is 979 g/mol. The zero-order valence-electron chi connectivity index (χ0n) is 42.0. The molecule has 3 aliphatic heterocycles. The molecule has 2 aromatic heterocycles. The first-order chi connectivity index (χ1) is 34.6. The minimum absolute atomic E-state index is 0.0480. The predicted molar refractivity (Wildman–Crippen MR) is 267 cm³/mol. The van der Waals surface area contributed by atoms with Crippen LogP contribution in [0.15, 0.2) is 75.8 Å². The van der Waals surface area contributed by atoms with Crippen LogP contribution in [-0.4, -0.2) is 112 Å². The van der Waals surface area contributed by atoms with Gasteiger partial charge in [-0.15, -0.1) is 0 Å². The number of rotatable bonds is 11. The average Bonchev–Trinajstić information content (AvgIpc) is 3.92. The third-order valence-corrected chi connectivity index (χ3v) is 17.5. The Hall–Kier alpha value is -6.19. The maximum atomic E-state index is 13.8. The average molecular weight is 980 g/mol. The Balaban J connectivity index is 0.729. The van der Waals surface area contributed by atoms with Crippen molar-refractivity contribution in [1.82, 2.24) is 24.3 Å². The summed E-state index contributed by atoms with van der Waals surface area (Å²) >= 11 is 0. The molecule has 15 nitrogen and oxygen atoms in total. The number of fused-ring (bicyclic) bond motifs is 9. The van der Waals surface area contributed by atoms with E-state index >= 15 is 0 Å². The number of allylic oxidation sites excluding steroid dienone is 7. The van der Waals surface area contributed by atoms with Gasteiger partial charge in [0.25, 0.3) is 5.56 Å². The van der Waals surface area contributed by atoms with Crippen LogP contribution in [0.2, 0.25) is 0 Å². The van der Waals surface area contributed by atoms with Crippen molar-refractivity contribution in [3.63, 3.8) is 0 Å². The molecular weight excluding hydrogens is 915 g/mol. The predicted octanol–water partition coefficient (Wildman–Crippen LogP) is 6.52. The molecule has 5 aliphatic carbocycles. The van der Waals surface area contributed by atoms with E-state index in [4.69, 9.17) is 19.2 Å². The van der Waals surface area contributed by atoms with Crippen molar-refractivity contribution in [2.24, 2.45) is 35.5 Å². The number of ether oxygens (including phenoxy) is 3. The summed E-state index contributed by atoms with van der Waals surface area (Å²) in [6.07, 6.45) is 14.8. The highest BCUT2D eigenvalue weighted by Crippen LogP contribution is 2.62. The summed E-state index contributed by atoms with van der Waals surface area (Å²) in [7, 11) is 6.00. The van der Waals surface area contributed by atoms with Crippen LogP contribution in [0.1, 0.15) is 106 Å². The highest BCUT2D eigenvalue weighted by atomic mass is 16.6. The quantitative estimate of drug-likeness (QED) is 0.161. The van der Waals surface area contributed by atoms with Crippen molar-refractivity contribution in [2.45, 2.75) is 109 Å². The lowest BCUT2D eigenvalue weighted by Gasteiger charge is -2.50. The molecule has 1 N–H and O–H groups in total. The van der Waals surface area contributed by atoms with E-state index in [0.29, 0.717) is 62.9 Å². The van der Waals surface area contributed by atoms with Gasteiger partial charge in [0, 0.05) is 73.7 Å². The number of esters is 2. The van der Waals surface area contributed by atoms with E-state index in [1.54, 1.807) is 17.6 Å². The maximum absolute atomic E-state index is 13.8. The topological polar surface area (TPSA) is 178 Å². The van der Waals surface area contributed by atoms with Crippen molar-refractivity contribution >= 4 is 40.3 Å². The van der Waals surface area contributed by atoms with Gasteiger partial charge in [-0.3, -0.25) is 24.0 Å². The molecule has 3 fully saturated rings. The number of Topliss-reactive ketones (excluding diaryl/α,β-unsaturated/α-hetero) is 1. The van der Waals surface area contributed by atoms with Gasteiger partial charge in [-0.05, 0) is 156 Å². The van der Waals surface area contributed by atoms with E-state index in [-0.39, 0.29) is 76.9 Å². The molecule has 2 saturated carbocycles. The van der Waals surface area contributed by atoms with Gasteiger partial charge in [-0.1, -0.05) is 17.7 Å². The summed E-state index contributed by atoms with van der Waals surface area (Å²) < 4.78 is 19.4. The number of ketones is 2. The Morgan fingerprint density at radius 1 is 0.986 bits per heavy atom. The van der Waals surface area contributed by atoms with Crippen molar-refractivity contribution in [1.29, 1.82) is 0 Å². The molecule has 2 unspecified atom stereocenters. The Morgan fingerprint density at radius 3 is 2.53 bits per heavy atom. The molecule has 15 heteroatoms. The van der Waals surface area contributed by atoms with Crippen molar-refractivity contribution in [2.75, 3.05) is 47.4 Å². The number of aliphatic hydroxyl groups is 1. The molecule has 7 atom stereocenters. The normalized spacial score (nSPS) is 27.5. The first kappa shape index (κ1) is 48.1. The summed E-state index contributed by atoms with van der Waals surface area (Å²) in [5.41, 5.74) is 8.05. The summed E-state index contributed by atoms with van der Waals surface area (Å²) in [5.74, 6) is 0.944. The summed E-state index contributed by atoms with van der Waals surface area (Å²) in [6, 6.07) is 7.68. The molecule has 1 saturated heterocycles. The number of carbonyl (C=O) groups is 5. The zero-order valence-corrected chi connectivity index (χ0v) is 42.0. The largest absolute Gasteiger partial charge is 0.493 e. The minimum Gasteiger partial charge on any atom is -0.493 e. The van der Waals surface area contributed by atoms with E-state index in [1.165, 1.54) is 23.6 Å². The highest BCUT2D eigenvalue weighted by Gasteiger charge is 2.60. The van der Waals surface area contributed by atoms with Crippen molar-refractivity contribution in [3.8, 4) is 17.1 Å². The SMILES string of the molecule is CC(=O)O[C@]1(C(C)=O)CC[C@@H]2C1C[C@H](C1C=CC(N(C)CC(=O)N3CCC(COc4ccc5nc6c(cc5c4CN(C)C)Cn4c-6cc5c(c4=O)COC(=O)[C@H]5O)CC3)=CC1)C1=C3CCC(=O)C=C3CC[C@H]12. The van der Waals surface area contributed by atoms with Gasteiger partial charge in [0.2, 0.25) is 5.91 Å². The van der Waals surface area contributed by atoms with Crippen LogP contribution in [-0.2, 0) is 53.1 Å². The van der Waals surface area contributed by atoms with Crippen LogP contribution in [0.4, 0.5) is 0 Å². The number of aromatic nitrogens is 2. The second kappa shape index (κ2) is 18.7. The number of amides is 1. The molecule has 1 aromatic carbocycles. The third kappa shape index (κ3) is 8.33.